The van der Waals surface area contributed by atoms with Crippen LogP contribution < -0.4 is 10.2 Å². The molecule has 190 valence electrons. The Morgan fingerprint density at radius 1 is 0.914 bits per heavy atom. The van der Waals surface area contributed by atoms with Crippen LogP contribution >= 0.6 is 0 Å². The molecular weight excluding hydrogens is 438 g/mol. The van der Waals surface area contributed by atoms with Crippen molar-refractivity contribution in [3.05, 3.63) is 64.7 Å². The van der Waals surface area contributed by atoms with Crippen LogP contribution in [0.15, 0.2) is 42.5 Å². The molecule has 1 fully saturated rings. The van der Waals surface area contributed by atoms with Crippen LogP contribution in [0.2, 0.25) is 0 Å². The molecule has 0 spiro atoms. The Kier molecular flexibility index (Phi) is 9.55. The van der Waals surface area contributed by atoms with Crippen LogP contribution in [0, 0.1) is 13.8 Å². The number of carbonyl (C=O) groups is 2. The molecule has 3 amide bonds. The SMILES string of the molecule is Cc1cc(C)cc(C(=O)N(C)CCCCN2CCN(c3ccccc3CNC(=O)N(C)C)CC2)c1. The lowest BCUT2D eigenvalue weighted by atomic mass is 10.1. The fourth-order valence-corrected chi connectivity index (χ4v) is 4.61. The van der Waals surface area contributed by atoms with Crippen LogP contribution in [0.3, 0.4) is 0 Å². The standard InChI is InChI=1S/C28H41N5O2/c1-22-18-23(2)20-25(19-22)27(34)31(5)12-8-9-13-32-14-16-33(17-15-32)26-11-7-6-10-24(26)21-29-28(35)30(3)4/h6-7,10-11,18-20H,8-9,12-17,21H2,1-5H3,(H,29,35). The number of hydrogen-bond donors (Lipinski definition) is 1. The molecule has 7 nitrogen and oxygen atoms in total. The number of anilines is 1. The molecule has 1 heterocycles. The molecule has 0 aromatic heterocycles. The maximum atomic E-state index is 12.7. The van der Waals surface area contributed by atoms with Crippen molar-refractivity contribution in [3.8, 4) is 0 Å². The summed E-state index contributed by atoms with van der Waals surface area (Å²) in [4.78, 5) is 33.0. The number of rotatable bonds is 9. The molecule has 1 aliphatic rings. The smallest absolute Gasteiger partial charge is 0.317 e. The predicted molar refractivity (Wildman–Crippen MR) is 143 cm³/mol. The van der Waals surface area contributed by atoms with E-state index in [2.05, 4.69) is 39.4 Å². The molecule has 0 bridgehead atoms. The van der Waals surface area contributed by atoms with Gasteiger partial charge in [0.1, 0.15) is 0 Å². The highest BCUT2D eigenvalue weighted by molar-refractivity contribution is 5.94. The molecular formula is C28H41N5O2. The van der Waals surface area contributed by atoms with Crippen LogP contribution in [0.25, 0.3) is 0 Å². The molecule has 35 heavy (non-hydrogen) atoms. The van der Waals surface area contributed by atoms with E-state index in [4.69, 9.17) is 0 Å². The summed E-state index contributed by atoms with van der Waals surface area (Å²) in [6.07, 6.45) is 2.08. The van der Waals surface area contributed by atoms with Crippen molar-refractivity contribution in [2.45, 2.75) is 33.2 Å². The zero-order chi connectivity index (χ0) is 25.4. The second-order valence-electron chi connectivity index (χ2n) is 9.82. The molecule has 3 rings (SSSR count). The van der Waals surface area contributed by atoms with E-state index in [0.717, 1.165) is 74.4 Å². The summed E-state index contributed by atoms with van der Waals surface area (Å²) in [6.45, 7) is 10.4. The maximum Gasteiger partial charge on any atom is 0.317 e. The van der Waals surface area contributed by atoms with E-state index in [1.165, 1.54) is 5.69 Å². The van der Waals surface area contributed by atoms with Gasteiger partial charge in [-0.3, -0.25) is 9.69 Å². The molecule has 1 saturated heterocycles. The molecule has 2 aromatic rings. The van der Waals surface area contributed by atoms with Crippen molar-refractivity contribution in [1.29, 1.82) is 0 Å². The van der Waals surface area contributed by atoms with Gasteiger partial charge >= 0.3 is 6.03 Å². The second-order valence-corrected chi connectivity index (χ2v) is 9.82. The quantitative estimate of drug-likeness (QED) is 0.557. The summed E-state index contributed by atoms with van der Waals surface area (Å²) in [5.74, 6) is 0.103. The molecule has 0 atom stereocenters. The Hall–Kier alpha value is -3.06. The molecule has 1 aliphatic heterocycles. The van der Waals surface area contributed by atoms with Crippen LogP contribution in [0.5, 0.6) is 0 Å². The van der Waals surface area contributed by atoms with E-state index < -0.39 is 0 Å². The third-order valence-corrected chi connectivity index (χ3v) is 6.57. The molecule has 0 aliphatic carbocycles. The molecule has 2 aromatic carbocycles. The number of hydrogen-bond acceptors (Lipinski definition) is 4. The van der Waals surface area contributed by atoms with Gasteiger partial charge in [0.2, 0.25) is 0 Å². The first-order chi connectivity index (χ1) is 16.7. The number of benzene rings is 2. The first kappa shape index (κ1) is 26.5. The third kappa shape index (κ3) is 7.72. The van der Waals surface area contributed by atoms with Gasteiger partial charge in [0, 0.05) is 71.7 Å². The van der Waals surface area contributed by atoms with Crippen molar-refractivity contribution in [1.82, 2.24) is 20.0 Å². The zero-order valence-corrected chi connectivity index (χ0v) is 22.0. The summed E-state index contributed by atoms with van der Waals surface area (Å²) in [7, 11) is 5.40. The fraction of sp³-hybridized carbons (Fsp3) is 0.500. The normalized spacial score (nSPS) is 14.0. The minimum absolute atomic E-state index is 0.0778. The predicted octanol–water partition coefficient (Wildman–Crippen LogP) is 3.75. The Labute approximate surface area is 210 Å². The zero-order valence-electron chi connectivity index (χ0n) is 22.0. The first-order valence-electron chi connectivity index (χ1n) is 12.6. The van der Waals surface area contributed by atoms with Gasteiger partial charge in [-0.25, -0.2) is 4.79 Å². The second kappa shape index (κ2) is 12.6. The first-order valence-corrected chi connectivity index (χ1v) is 12.6. The molecule has 0 unspecified atom stereocenters. The number of para-hydroxylation sites is 1. The summed E-state index contributed by atoms with van der Waals surface area (Å²) in [5.41, 5.74) is 5.39. The monoisotopic (exact) mass is 479 g/mol. The number of nitrogens with one attached hydrogen (secondary N) is 1. The number of nitrogens with zero attached hydrogens (tertiary/aromatic N) is 4. The van der Waals surface area contributed by atoms with Crippen molar-refractivity contribution in [3.63, 3.8) is 0 Å². The lowest BCUT2D eigenvalue weighted by Gasteiger charge is -2.37. The Morgan fingerprint density at radius 2 is 1.57 bits per heavy atom. The molecule has 1 N–H and O–H groups in total. The number of amides is 3. The van der Waals surface area contributed by atoms with Gasteiger partial charge in [0.15, 0.2) is 0 Å². The topological polar surface area (TPSA) is 59.1 Å². The number of piperazine rings is 1. The van der Waals surface area contributed by atoms with Crippen molar-refractivity contribution in [2.75, 3.05) is 65.3 Å². The number of unbranched alkanes of at least 4 members (excludes halogenated alkanes) is 1. The molecule has 0 radical (unpaired) electrons. The Bertz CT molecular complexity index is 978. The number of urea groups is 1. The highest BCUT2D eigenvalue weighted by Crippen LogP contribution is 2.22. The van der Waals surface area contributed by atoms with E-state index in [0.29, 0.717) is 6.54 Å². The third-order valence-electron chi connectivity index (χ3n) is 6.57. The lowest BCUT2D eigenvalue weighted by Crippen LogP contribution is -2.47. The van der Waals surface area contributed by atoms with E-state index >= 15 is 0 Å². The van der Waals surface area contributed by atoms with Crippen LogP contribution in [-0.4, -0.2) is 87.0 Å². The van der Waals surface area contributed by atoms with E-state index in [9.17, 15) is 9.59 Å². The van der Waals surface area contributed by atoms with Gasteiger partial charge < -0.3 is 20.0 Å². The number of carbonyl (C=O) groups excluding carboxylic acids is 2. The van der Waals surface area contributed by atoms with Gasteiger partial charge in [0.05, 0.1) is 0 Å². The highest BCUT2D eigenvalue weighted by atomic mass is 16.2. The van der Waals surface area contributed by atoms with Crippen LogP contribution in [-0.2, 0) is 6.54 Å². The average molecular weight is 480 g/mol. The van der Waals surface area contributed by atoms with Gasteiger partial charge in [-0.05, 0) is 57.0 Å². The van der Waals surface area contributed by atoms with Gasteiger partial charge in [-0.1, -0.05) is 35.4 Å². The summed E-state index contributed by atoms with van der Waals surface area (Å²) in [6, 6.07) is 14.3. The number of aryl methyl sites for hydroxylation is 2. The van der Waals surface area contributed by atoms with E-state index in [1.54, 1.807) is 19.0 Å². The highest BCUT2D eigenvalue weighted by Gasteiger charge is 2.19. The van der Waals surface area contributed by atoms with Gasteiger partial charge in [-0.2, -0.15) is 0 Å². The van der Waals surface area contributed by atoms with Crippen LogP contribution in [0.4, 0.5) is 10.5 Å². The summed E-state index contributed by atoms with van der Waals surface area (Å²) >= 11 is 0. The van der Waals surface area contributed by atoms with Crippen LogP contribution in [0.1, 0.15) is 39.9 Å². The van der Waals surface area contributed by atoms with Crippen molar-refractivity contribution >= 4 is 17.6 Å². The summed E-state index contributed by atoms with van der Waals surface area (Å²) in [5, 5.41) is 2.98. The van der Waals surface area contributed by atoms with E-state index in [-0.39, 0.29) is 11.9 Å². The largest absolute Gasteiger partial charge is 0.369 e. The fourth-order valence-electron chi connectivity index (χ4n) is 4.61. The lowest BCUT2D eigenvalue weighted by molar-refractivity contribution is 0.0791. The molecule has 7 heteroatoms. The van der Waals surface area contributed by atoms with Crippen molar-refractivity contribution < 1.29 is 9.59 Å². The van der Waals surface area contributed by atoms with Gasteiger partial charge in [-0.15, -0.1) is 0 Å². The summed E-state index contributed by atoms with van der Waals surface area (Å²) < 4.78 is 0. The van der Waals surface area contributed by atoms with E-state index in [1.807, 2.05) is 44.0 Å². The Balaban J connectivity index is 1.40. The average Bonchev–Trinajstić information content (AvgIpc) is 2.84. The minimum atomic E-state index is -0.0778. The van der Waals surface area contributed by atoms with Crippen molar-refractivity contribution in [2.24, 2.45) is 0 Å². The minimum Gasteiger partial charge on any atom is -0.369 e. The Morgan fingerprint density at radius 3 is 2.23 bits per heavy atom. The maximum absolute atomic E-state index is 12.7. The van der Waals surface area contributed by atoms with Gasteiger partial charge in [0.25, 0.3) is 5.91 Å². The molecule has 0 saturated carbocycles.